The van der Waals surface area contributed by atoms with Crippen molar-refractivity contribution in [3.8, 4) is 17.2 Å². The number of methoxy groups -OCH3 is 2. The second-order valence-electron chi connectivity index (χ2n) is 6.22. The maximum absolute atomic E-state index is 9.97. The Kier molecular flexibility index (Phi) is 9.55. The normalized spacial score (nSPS) is 12.9. The van der Waals surface area contributed by atoms with Gasteiger partial charge < -0.3 is 24.4 Å². The highest BCUT2D eigenvalue weighted by Crippen LogP contribution is 2.39. The summed E-state index contributed by atoms with van der Waals surface area (Å²) in [6.45, 7) is 7.98. The summed E-state index contributed by atoms with van der Waals surface area (Å²) in [6, 6.07) is 3.63. The molecule has 2 N–H and O–H groups in total. The molecule has 0 saturated carbocycles. The highest BCUT2D eigenvalue weighted by molar-refractivity contribution is 5.62. The summed E-state index contributed by atoms with van der Waals surface area (Å²) < 4.78 is 16.6. The molecule has 1 aromatic carbocycles. The molecule has 5 heteroatoms. The molecule has 0 aliphatic rings. The molecule has 0 heterocycles. The summed E-state index contributed by atoms with van der Waals surface area (Å²) in [6.07, 6.45) is 6.09. The van der Waals surface area contributed by atoms with Crippen molar-refractivity contribution in [2.45, 2.75) is 32.8 Å². The Balaban J connectivity index is 2.83. The minimum atomic E-state index is -0.426. The van der Waals surface area contributed by atoms with Gasteiger partial charge in [-0.25, -0.2) is 0 Å². The molecule has 144 valence electrons. The molecule has 0 spiro atoms. The molecule has 1 aromatic rings. The first-order valence-electron chi connectivity index (χ1n) is 8.55. The zero-order valence-electron chi connectivity index (χ0n) is 16.1. The van der Waals surface area contributed by atoms with Crippen molar-refractivity contribution >= 4 is 6.08 Å². The van der Waals surface area contributed by atoms with Crippen molar-refractivity contribution in [2.24, 2.45) is 0 Å². The molecule has 5 nitrogen and oxygen atoms in total. The molecule has 0 aliphatic heterocycles. The molecule has 0 amide bonds. The number of hydrogen-bond acceptors (Lipinski definition) is 5. The van der Waals surface area contributed by atoms with E-state index in [0.29, 0.717) is 36.7 Å². The highest BCUT2D eigenvalue weighted by atomic mass is 16.5. The molecule has 0 aliphatic carbocycles. The van der Waals surface area contributed by atoms with Crippen molar-refractivity contribution in [3.63, 3.8) is 0 Å². The largest absolute Gasteiger partial charge is 0.493 e. The fraction of sp³-hybridized carbons (Fsp3) is 0.429. The Hall–Kier alpha value is -2.24. The van der Waals surface area contributed by atoms with E-state index in [1.54, 1.807) is 26.4 Å². The van der Waals surface area contributed by atoms with Crippen LogP contribution in [0.3, 0.4) is 0 Å². The summed E-state index contributed by atoms with van der Waals surface area (Å²) in [5, 5.41) is 18.9. The lowest BCUT2D eigenvalue weighted by atomic mass is 10.0. The third kappa shape index (κ3) is 7.33. The maximum atomic E-state index is 9.97. The second kappa shape index (κ2) is 11.4. The molecule has 1 atom stereocenters. The summed E-state index contributed by atoms with van der Waals surface area (Å²) in [4.78, 5) is 0. The van der Waals surface area contributed by atoms with Crippen LogP contribution in [0.2, 0.25) is 0 Å². The minimum absolute atomic E-state index is 0.0375. The maximum Gasteiger partial charge on any atom is 0.203 e. The predicted octanol–water partition coefficient (Wildman–Crippen LogP) is 3.75. The predicted molar refractivity (Wildman–Crippen MR) is 105 cm³/mol. The summed E-state index contributed by atoms with van der Waals surface area (Å²) in [7, 11) is 3.13. The van der Waals surface area contributed by atoms with Crippen LogP contribution in [0.15, 0.2) is 42.0 Å². The van der Waals surface area contributed by atoms with Gasteiger partial charge >= 0.3 is 0 Å². The summed E-state index contributed by atoms with van der Waals surface area (Å²) in [5.41, 5.74) is 2.85. The van der Waals surface area contributed by atoms with E-state index in [4.69, 9.17) is 19.3 Å². The minimum Gasteiger partial charge on any atom is -0.493 e. The Morgan fingerprint density at radius 2 is 1.77 bits per heavy atom. The van der Waals surface area contributed by atoms with E-state index >= 15 is 0 Å². The number of benzene rings is 1. The van der Waals surface area contributed by atoms with Crippen molar-refractivity contribution in [3.05, 3.63) is 47.6 Å². The quantitative estimate of drug-likeness (QED) is 0.587. The van der Waals surface area contributed by atoms with Crippen LogP contribution < -0.4 is 14.2 Å². The van der Waals surface area contributed by atoms with Gasteiger partial charge in [0.15, 0.2) is 11.5 Å². The molecule has 26 heavy (non-hydrogen) atoms. The molecular formula is C21H30O5. The van der Waals surface area contributed by atoms with Crippen molar-refractivity contribution < 1.29 is 24.4 Å². The average molecular weight is 362 g/mol. The van der Waals surface area contributed by atoms with Gasteiger partial charge in [0.2, 0.25) is 5.75 Å². The molecular weight excluding hydrogens is 332 g/mol. The van der Waals surface area contributed by atoms with Crippen LogP contribution in [-0.2, 0) is 0 Å². The standard InChI is InChI=1S/C21H30O5/c1-15(2)11-18(23)12-16(3)8-10-26-21-19(24-4)13-17(7-6-9-22)14-20(21)25-5/h6-8,13-14,18,22-23H,1,9-12H2,2-5H3. The average Bonchev–Trinajstić information content (AvgIpc) is 2.59. The van der Waals surface area contributed by atoms with E-state index in [2.05, 4.69) is 6.58 Å². The number of hydrogen-bond donors (Lipinski definition) is 2. The molecule has 0 saturated heterocycles. The van der Waals surface area contributed by atoms with E-state index in [9.17, 15) is 5.11 Å². The van der Waals surface area contributed by atoms with Crippen LogP contribution in [0.1, 0.15) is 32.3 Å². The first-order valence-corrected chi connectivity index (χ1v) is 8.55. The van der Waals surface area contributed by atoms with Gasteiger partial charge in [0.25, 0.3) is 0 Å². The smallest absolute Gasteiger partial charge is 0.203 e. The van der Waals surface area contributed by atoms with Crippen molar-refractivity contribution in [2.75, 3.05) is 27.4 Å². The van der Waals surface area contributed by atoms with E-state index in [1.807, 2.05) is 32.1 Å². The van der Waals surface area contributed by atoms with Crippen LogP contribution in [0.5, 0.6) is 17.2 Å². The zero-order chi connectivity index (χ0) is 19.5. The lowest BCUT2D eigenvalue weighted by Gasteiger charge is -2.15. The first kappa shape index (κ1) is 21.8. The zero-order valence-corrected chi connectivity index (χ0v) is 16.1. The van der Waals surface area contributed by atoms with Crippen LogP contribution in [0.25, 0.3) is 6.08 Å². The van der Waals surface area contributed by atoms with E-state index < -0.39 is 6.10 Å². The molecule has 1 unspecified atom stereocenters. The lowest BCUT2D eigenvalue weighted by Crippen LogP contribution is -2.08. The topological polar surface area (TPSA) is 68.2 Å². The van der Waals surface area contributed by atoms with Crippen LogP contribution in [0, 0.1) is 0 Å². The van der Waals surface area contributed by atoms with Crippen molar-refractivity contribution in [1.82, 2.24) is 0 Å². The highest BCUT2D eigenvalue weighted by Gasteiger charge is 2.13. The molecule has 0 aromatic heterocycles. The first-order chi connectivity index (χ1) is 12.4. The van der Waals surface area contributed by atoms with Crippen LogP contribution >= 0.6 is 0 Å². The van der Waals surface area contributed by atoms with Gasteiger partial charge in [-0.1, -0.05) is 23.3 Å². The Morgan fingerprint density at radius 3 is 2.27 bits per heavy atom. The fourth-order valence-electron chi connectivity index (χ4n) is 2.52. The Bertz CT molecular complexity index is 621. The third-order valence-corrected chi connectivity index (χ3v) is 3.70. The van der Waals surface area contributed by atoms with Gasteiger partial charge in [0, 0.05) is 0 Å². The molecule has 0 bridgehead atoms. The van der Waals surface area contributed by atoms with Crippen molar-refractivity contribution in [1.29, 1.82) is 0 Å². The number of ether oxygens (including phenoxy) is 3. The van der Waals surface area contributed by atoms with Gasteiger partial charge in [-0.3, -0.25) is 0 Å². The van der Waals surface area contributed by atoms with E-state index in [0.717, 1.165) is 16.7 Å². The fourth-order valence-corrected chi connectivity index (χ4v) is 2.52. The van der Waals surface area contributed by atoms with Gasteiger partial charge in [0.1, 0.15) is 6.61 Å². The lowest BCUT2D eigenvalue weighted by molar-refractivity contribution is 0.175. The monoisotopic (exact) mass is 362 g/mol. The van der Waals surface area contributed by atoms with Gasteiger partial charge in [0.05, 0.1) is 26.9 Å². The second-order valence-corrected chi connectivity index (χ2v) is 6.22. The summed E-state index contributed by atoms with van der Waals surface area (Å²) in [5.74, 6) is 1.62. The molecule has 1 rings (SSSR count). The van der Waals surface area contributed by atoms with Gasteiger partial charge in [-0.2, -0.15) is 0 Å². The number of aliphatic hydroxyl groups excluding tert-OH is 2. The number of rotatable bonds is 11. The van der Waals surface area contributed by atoms with Gasteiger partial charge in [-0.05, 0) is 50.5 Å². The van der Waals surface area contributed by atoms with Crippen LogP contribution in [0.4, 0.5) is 0 Å². The Labute approximate surface area is 156 Å². The third-order valence-electron chi connectivity index (χ3n) is 3.70. The Morgan fingerprint density at radius 1 is 1.15 bits per heavy atom. The van der Waals surface area contributed by atoms with E-state index in [1.165, 1.54) is 0 Å². The molecule has 0 radical (unpaired) electrons. The van der Waals surface area contributed by atoms with E-state index in [-0.39, 0.29) is 6.61 Å². The molecule has 0 fully saturated rings. The summed E-state index contributed by atoms with van der Waals surface area (Å²) >= 11 is 0. The van der Waals surface area contributed by atoms with Crippen LogP contribution in [-0.4, -0.2) is 43.8 Å². The number of aliphatic hydroxyl groups is 2. The SMILES string of the molecule is C=C(C)CC(O)CC(C)=CCOc1c(OC)cc(C=CCO)cc1OC. The van der Waals surface area contributed by atoms with Gasteiger partial charge in [-0.15, -0.1) is 6.58 Å².